The molecule has 4 nitrogen and oxygen atoms in total. The third-order valence-electron chi connectivity index (χ3n) is 3.73. The summed E-state index contributed by atoms with van der Waals surface area (Å²) in [6.45, 7) is 2.60. The summed E-state index contributed by atoms with van der Waals surface area (Å²) in [6, 6.07) is 6.84. The van der Waals surface area contributed by atoms with Gasteiger partial charge in [0.1, 0.15) is 0 Å². The highest BCUT2D eigenvalue weighted by molar-refractivity contribution is 7.89. The summed E-state index contributed by atoms with van der Waals surface area (Å²) < 4.78 is 27.3. The lowest BCUT2D eigenvalue weighted by Gasteiger charge is -2.27. The van der Waals surface area contributed by atoms with Crippen LogP contribution in [0.3, 0.4) is 0 Å². The molecule has 1 aliphatic rings. The summed E-state index contributed by atoms with van der Waals surface area (Å²) in [5.41, 5.74) is 6.44. The van der Waals surface area contributed by atoms with E-state index in [0.717, 1.165) is 24.8 Å². The molecule has 0 heterocycles. The van der Waals surface area contributed by atoms with Crippen LogP contribution in [0, 0.1) is 5.92 Å². The van der Waals surface area contributed by atoms with Gasteiger partial charge in [0.25, 0.3) is 0 Å². The van der Waals surface area contributed by atoms with E-state index in [1.165, 1.54) is 6.42 Å². The first-order chi connectivity index (χ1) is 9.01. The Balaban J connectivity index is 2.08. The van der Waals surface area contributed by atoms with Gasteiger partial charge in [0.2, 0.25) is 10.0 Å². The van der Waals surface area contributed by atoms with Crippen molar-refractivity contribution in [2.75, 3.05) is 0 Å². The van der Waals surface area contributed by atoms with E-state index in [4.69, 9.17) is 5.73 Å². The molecule has 5 heteroatoms. The van der Waals surface area contributed by atoms with Gasteiger partial charge in [-0.1, -0.05) is 31.9 Å². The predicted molar refractivity (Wildman–Crippen MR) is 76.1 cm³/mol. The van der Waals surface area contributed by atoms with Crippen LogP contribution in [0.1, 0.15) is 38.2 Å². The number of nitrogens with two attached hydrogens (primary N) is 1. The smallest absolute Gasteiger partial charge is 0.240 e. The molecule has 1 aromatic rings. The lowest BCUT2D eigenvalue weighted by atomic mass is 9.88. The molecule has 1 aromatic carbocycles. The van der Waals surface area contributed by atoms with Crippen molar-refractivity contribution in [1.82, 2.24) is 4.72 Å². The molecular formula is C14H22N2O2S. The number of sulfonamides is 1. The van der Waals surface area contributed by atoms with Crippen molar-refractivity contribution in [3.8, 4) is 0 Å². The number of hydrogen-bond donors (Lipinski definition) is 2. The molecule has 0 amide bonds. The van der Waals surface area contributed by atoms with Gasteiger partial charge in [-0.25, -0.2) is 13.1 Å². The van der Waals surface area contributed by atoms with Crippen molar-refractivity contribution in [2.45, 2.75) is 50.1 Å². The van der Waals surface area contributed by atoms with Crippen molar-refractivity contribution in [2.24, 2.45) is 11.7 Å². The maximum absolute atomic E-state index is 12.3. The maximum atomic E-state index is 12.3. The Labute approximate surface area is 115 Å². The minimum Gasteiger partial charge on any atom is -0.326 e. The first-order valence-electron chi connectivity index (χ1n) is 6.82. The molecule has 0 saturated heterocycles. The van der Waals surface area contributed by atoms with Crippen LogP contribution in [0.5, 0.6) is 0 Å². The zero-order chi connectivity index (χ0) is 13.9. The fraction of sp³-hybridized carbons (Fsp3) is 0.571. The molecule has 19 heavy (non-hydrogen) atoms. The monoisotopic (exact) mass is 282 g/mol. The van der Waals surface area contributed by atoms with E-state index in [1.807, 2.05) is 0 Å². The molecule has 0 bridgehead atoms. The summed E-state index contributed by atoms with van der Waals surface area (Å²) in [5.74, 6) is 0.598. The van der Waals surface area contributed by atoms with Gasteiger partial charge in [0, 0.05) is 12.6 Å². The van der Waals surface area contributed by atoms with Crippen LogP contribution in [0.2, 0.25) is 0 Å². The summed E-state index contributed by atoms with van der Waals surface area (Å²) in [5, 5.41) is 0. The molecule has 0 spiro atoms. The Hall–Kier alpha value is -0.910. The van der Waals surface area contributed by atoms with E-state index < -0.39 is 10.0 Å². The van der Waals surface area contributed by atoms with Crippen molar-refractivity contribution < 1.29 is 8.42 Å². The molecule has 2 atom stereocenters. The van der Waals surface area contributed by atoms with E-state index in [-0.39, 0.29) is 6.04 Å². The first-order valence-corrected chi connectivity index (χ1v) is 8.31. The van der Waals surface area contributed by atoms with Crippen LogP contribution in [0.25, 0.3) is 0 Å². The number of hydrogen-bond acceptors (Lipinski definition) is 3. The predicted octanol–water partition coefficient (Wildman–Crippen LogP) is 2.00. The normalized spacial score (nSPS) is 24.3. The average Bonchev–Trinajstić information content (AvgIpc) is 2.38. The Kier molecular flexibility index (Phi) is 4.60. The summed E-state index contributed by atoms with van der Waals surface area (Å²) in [4.78, 5) is 0.322. The van der Waals surface area contributed by atoms with E-state index in [0.29, 0.717) is 17.4 Å². The third kappa shape index (κ3) is 3.78. The van der Waals surface area contributed by atoms with E-state index in [2.05, 4.69) is 11.6 Å². The van der Waals surface area contributed by atoms with Crippen molar-refractivity contribution in [3.05, 3.63) is 29.8 Å². The standard InChI is InChI=1S/C14H22N2O2S/c1-11-3-2-4-13(9-11)16-19(17,18)14-7-5-12(10-15)6-8-14/h5-8,11,13,16H,2-4,9-10,15H2,1H3. The summed E-state index contributed by atoms with van der Waals surface area (Å²) >= 11 is 0. The van der Waals surface area contributed by atoms with Gasteiger partial charge in [-0.3, -0.25) is 0 Å². The topological polar surface area (TPSA) is 72.2 Å². The van der Waals surface area contributed by atoms with Gasteiger partial charge in [-0.2, -0.15) is 0 Å². The molecule has 0 aromatic heterocycles. The van der Waals surface area contributed by atoms with Gasteiger partial charge >= 0.3 is 0 Å². The zero-order valence-corrected chi connectivity index (χ0v) is 12.1. The fourth-order valence-corrected chi connectivity index (χ4v) is 3.92. The summed E-state index contributed by atoms with van der Waals surface area (Å²) in [6.07, 6.45) is 4.16. The van der Waals surface area contributed by atoms with Crippen LogP contribution in [0.15, 0.2) is 29.2 Å². The van der Waals surface area contributed by atoms with E-state index in [9.17, 15) is 8.42 Å². The molecule has 2 rings (SSSR count). The van der Waals surface area contributed by atoms with Gasteiger partial charge in [-0.15, -0.1) is 0 Å². The zero-order valence-electron chi connectivity index (χ0n) is 11.3. The van der Waals surface area contributed by atoms with Crippen LogP contribution in [0.4, 0.5) is 0 Å². The molecule has 3 N–H and O–H groups in total. The Morgan fingerprint density at radius 1 is 1.26 bits per heavy atom. The molecule has 1 aliphatic carbocycles. The van der Waals surface area contributed by atoms with Crippen LogP contribution >= 0.6 is 0 Å². The molecule has 1 saturated carbocycles. The average molecular weight is 282 g/mol. The highest BCUT2D eigenvalue weighted by Gasteiger charge is 2.24. The second kappa shape index (κ2) is 6.03. The third-order valence-corrected chi connectivity index (χ3v) is 5.26. The minimum absolute atomic E-state index is 0.0722. The number of nitrogens with one attached hydrogen (secondary N) is 1. The second-order valence-corrected chi connectivity index (χ2v) is 7.15. The van der Waals surface area contributed by atoms with Crippen LogP contribution < -0.4 is 10.5 Å². The number of rotatable bonds is 4. The Bertz CT molecular complexity index is 511. The molecule has 0 radical (unpaired) electrons. The molecular weight excluding hydrogens is 260 g/mol. The van der Waals surface area contributed by atoms with Gasteiger partial charge in [0.05, 0.1) is 4.90 Å². The maximum Gasteiger partial charge on any atom is 0.240 e. The molecule has 106 valence electrons. The fourth-order valence-electron chi connectivity index (χ4n) is 2.63. The van der Waals surface area contributed by atoms with Crippen molar-refractivity contribution in [3.63, 3.8) is 0 Å². The SMILES string of the molecule is CC1CCCC(NS(=O)(=O)c2ccc(CN)cc2)C1. The van der Waals surface area contributed by atoms with Crippen molar-refractivity contribution >= 4 is 10.0 Å². The lowest BCUT2D eigenvalue weighted by molar-refractivity contribution is 0.327. The molecule has 2 unspecified atom stereocenters. The van der Waals surface area contributed by atoms with E-state index >= 15 is 0 Å². The highest BCUT2D eigenvalue weighted by Crippen LogP contribution is 2.24. The minimum atomic E-state index is -3.40. The Morgan fingerprint density at radius 3 is 2.53 bits per heavy atom. The first kappa shape index (κ1) is 14.5. The lowest BCUT2D eigenvalue weighted by Crippen LogP contribution is -2.37. The van der Waals surface area contributed by atoms with Crippen LogP contribution in [-0.2, 0) is 16.6 Å². The van der Waals surface area contributed by atoms with Crippen molar-refractivity contribution in [1.29, 1.82) is 0 Å². The highest BCUT2D eigenvalue weighted by atomic mass is 32.2. The van der Waals surface area contributed by atoms with Gasteiger partial charge in [0.15, 0.2) is 0 Å². The largest absolute Gasteiger partial charge is 0.326 e. The number of benzene rings is 1. The quantitative estimate of drug-likeness (QED) is 0.887. The second-order valence-electron chi connectivity index (χ2n) is 5.44. The van der Waals surface area contributed by atoms with Crippen LogP contribution in [-0.4, -0.2) is 14.5 Å². The molecule has 0 aliphatic heterocycles. The van der Waals surface area contributed by atoms with E-state index in [1.54, 1.807) is 24.3 Å². The Morgan fingerprint density at radius 2 is 1.95 bits per heavy atom. The van der Waals surface area contributed by atoms with Gasteiger partial charge in [-0.05, 0) is 36.5 Å². The summed E-state index contributed by atoms with van der Waals surface area (Å²) in [7, 11) is -3.40. The van der Waals surface area contributed by atoms with Gasteiger partial charge < -0.3 is 5.73 Å². The molecule has 1 fully saturated rings.